The molecule has 0 fully saturated rings. The number of aryl methyl sites for hydroxylation is 4. The van der Waals surface area contributed by atoms with Gasteiger partial charge >= 0.3 is 21.1 Å². The van der Waals surface area contributed by atoms with Gasteiger partial charge in [-0.2, -0.15) is 0 Å². The fourth-order valence-corrected chi connectivity index (χ4v) is 8.66. The van der Waals surface area contributed by atoms with Gasteiger partial charge in [-0.1, -0.05) is 109 Å². The molecular weight excluding hydrogens is 924 g/mol. The number of hydrogen-bond acceptors (Lipinski definition) is 3. The first-order valence-corrected chi connectivity index (χ1v) is 20.4. The minimum absolute atomic E-state index is 0. The molecule has 10 aromatic rings. The van der Waals surface area contributed by atoms with Gasteiger partial charge in [-0.15, -0.1) is 59.7 Å². The summed E-state index contributed by atoms with van der Waals surface area (Å²) in [5.41, 5.74) is 19.1. The van der Waals surface area contributed by atoms with E-state index in [0.29, 0.717) is 0 Å². The van der Waals surface area contributed by atoms with Gasteiger partial charge in [-0.25, -0.2) is 0 Å². The van der Waals surface area contributed by atoms with Crippen LogP contribution in [-0.4, -0.2) is 14.5 Å². The molecule has 5 heteroatoms. The molecule has 296 valence electrons. The van der Waals surface area contributed by atoms with E-state index in [4.69, 9.17) is 9.97 Å². The monoisotopic (exact) mass is 965 g/mol. The Bertz CT molecular complexity index is 3000. The summed E-state index contributed by atoms with van der Waals surface area (Å²) < 4.78 is 2.39. The van der Waals surface area contributed by atoms with Crippen molar-refractivity contribution in [2.24, 2.45) is 0 Å². The standard InChI is InChI=1S/C56H42N4.Pt/c1-37-29-47(60-54-27-13-11-25-48(54)49-26-12-14-28-55(49)60)30-38(2)56(37)59(45-23-15-21-43(31-45)52-33-50(39(3)35-57-52)41-17-7-5-8-18-41)46-24-16-22-44(32-46)53-34-51(40(4)36-58-53)42-19-9-6-10-20-42;/h5-30,33-36H,1-4H3;/q-2;+2. The maximum absolute atomic E-state index is 4.93. The second-order valence-corrected chi connectivity index (χ2v) is 15.5. The number of para-hydroxylation sites is 2. The predicted molar refractivity (Wildman–Crippen MR) is 249 cm³/mol. The first-order chi connectivity index (χ1) is 29.4. The number of fused-ring (bicyclic) bond motifs is 3. The molecule has 4 nitrogen and oxygen atoms in total. The van der Waals surface area contributed by atoms with Gasteiger partial charge in [0.1, 0.15) is 0 Å². The zero-order chi connectivity index (χ0) is 40.7. The van der Waals surface area contributed by atoms with Gasteiger partial charge in [0.25, 0.3) is 0 Å². The fraction of sp³-hybridized carbons (Fsp3) is 0.0714. The maximum atomic E-state index is 4.93. The zero-order valence-electron chi connectivity index (χ0n) is 34.4. The molecule has 0 bridgehead atoms. The van der Waals surface area contributed by atoms with Crippen molar-refractivity contribution in [3.8, 4) is 50.5 Å². The minimum atomic E-state index is 0. The van der Waals surface area contributed by atoms with Crippen LogP contribution in [0, 0.1) is 39.8 Å². The van der Waals surface area contributed by atoms with E-state index in [1.807, 2.05) is 12.4 Å². The van der Waals surface area contributed by atoms with Crippen molar-refractivity contribution in [1.82, 2.24) is 14.5 Å². The van der Waals surface area contributed by atoms with Crippen molar-refractivity contribution < 1.29 is 21.1 Å². The summed E-state index contributed by atoms with van der Waals surface area (Å²) >= 11 is 0. The van der Waals surface area contributed by atoms with Crippen molar-refractivity contribution >= 4 is 38.9 Å². The molecule has 61 heavy (non-hydrogen) atoms. The summed E-state index contributed by atoms with van der Waals surface area (Å²) in [7, 11) is 0. The van der Waals surface area contributed by atoms with E-state index >= 15 is 0 Å². The van der Waals surface area contributed by atoms with Crippen LogP contribution in [0.2, 0.25) is 0 Å². The van der Waals surface area contributed by atoms with Crippen LogP contribution in [0.3, 0.4) is 0 Å². The number of nitrogens with zero attached hydrogens (tertiary/aromatic N) is 4. The maximum Gasteiger partial charge on any atom is 2.00 e. The number of pyridine rings is 2. The fourth-order valence-electron chi connectivity index (χ4n) is 8.66. The molecular formula is C56H42N4Pt. The second kappa shape index (κ2) is 16.6. The van der Waals surface area contributed by atoms with Crippen molar-refractivity contribution in [3.63, 3.8) is 0 Å². The summed E-state index contributed by atoms with van der Waals surface area (Å²) in [6, 6.07) is 67.7. The molecule has 0 amide bonds. The third-order valence-corrected chi connectivity index (χ3v) is 11.5. The van der Waals surface area contributed by atoms with E-state index in [9.17, 15) is 0 Å². The van der Waals surface area contributed by atoms with Crippen LogP contribution in [0.1, 0.15) is 22.3 Å². The molecule has 0 aliphatic heterocycles. The molecule has 0 aliphatic rings. The van der Waals surface area contributed by atoms with E-state index in [1.165, 1.54) is 21.8 Å². The van der Waals surface area contributed by atoms with E-state index in [0.717, 1.165) is 89.8 Å². The molecule has 0 spiro atoms. The predicted octanol–water partition coefficient (Wildman–Crippen LogP) is 14.5. The Morgan fingerprint density at radius 3 is 1.33 bits per heavy atom. The van der Waals surface area contributed by atoms with Gasteiger partial charge in [0.2, 0.25) is 0 Å². The molecule has 0 N–H and O–H groups in total. The van der Waals surface area contributed by atoms with Gasteiger partial charge in [0.05, 0.1) is 11.0 Å². The van der Waals surface area contributed by atoms with E-state index in [1.54, 1.807) is 0 Å². The van der Waals surface area contributed by atoms with E-state index < -0.39 is 0 Å². The van der Waals surface area contributed by atoms with Gasteiger partial charge in [0, 0.05) is 34.5 Å². The molecule has 3 aromatic heterocycles. The van der Waals surface area contributed by atoms with Crippen LogP contribution in [-0.2, 0) is 21.1 Å². The topological polar surface area (TPSA) is 34.0 Å². The largest absolute Gasteiger partial charge is 2.00 e. The molecule has 3 heterocycles. The Balaban J connectivity index is 0.00000476. The molecule has 10 rings (SSSR count). The molecule has 0 radical (unpaired) electrons. The Morgan fingerprint density at radius 1 is 0.443 bits per heavy atom. The zero-order valence-corrected chi connectivity index (χ0v) is 36.7. The van der Waals surface area contributed by atoms with Crippen molar-refractivity contribution in [3.05, 3.63) is 217 Å². The van der Waals surface area contributed by atoms with E-state index in [2.05, 4.69) is 219 Å². The van der Waals surface area contributed by atoms with Crippen LogP contribution in [0.5, 0.6) is 0 Å². The second-order valence-electron chi connectivity index (χ2n) is 15.5. The Kier molecular flexibility index (Phi) is 10.8. The van der Waals surface area contributed by atoms with Crippen molar-refractivity contribution in [2.75, 3.05) is 4.90 Å². The van der Waals surface area contributed by atoms with Gasteiger partial charge in [0.15, 0.2) is 0 Å². The van der Waals surface area contributed by atoms with E-state index in [-0.39, 0.29) is 21.1 Å². The summed E-state index contributed by atoms with van der Waals surface area (Å²) in [5.74, 6) is 0. The van der Waals surface area contributed by atoms with Crippen molar-refractivity contribution in [1.29, 1.82) is 0 Å². The normalized spacial score (nSPS) is 11.1. The Hall–Kier alpha value is -6.87. The number of rotatable bonds is 8. The molecule has 0 saturated carbocycles. The molecule has 0 atom stereocenters. The number of aromatic nitrogens is 3. The average Bonchev–Trinajstić information content (AvgIpc) is 3.63. The molecule has 7 aromatic carbocycles. The minimum Gasteiger partial charge on any atom is -0.346 e. The summed E-state index contributed by atoms with van der Waals surface area (Å²) in [4.78, 5) is 12.2. The Morgan fingerprint density at radius 2 is 0.869 bits per heavy atom. The summed E-state index contributed by atoms with van der Waals surface area (Å²) in [5, 5.41) is 2.49. The van der Waals surface area contributed by atoms with Crippen LogP contribution in [0.25, 0.3) is 72.3 Å². The van der Waals surface area contributed by atoms with Crippen molar-refractivity contribution in [2.45, 2.75) is 27.7 Å². The molecule has 0 unspecified atom stereocenters. The molecule has 0 aliphatic carbocycles. The number of anilines is 3. The van der Waals surface area contributed by atoms with Crippen LogP contribution in [0.4, 0.5) is 17.1 Å². The summed E-state index contributed by atoms with van der Waals surface area (Å²) in [6.45, 7) is 8.65. The summed E-state index contributed by atoms with van der Waals surface area (Å²) in [6.07, 6.45) is 3.93. The third-order valence-electron chi connectivity index (χ3n) is 11.5. The third kappa shape index (κ3) is 7.39. The van der Waals surface area contributed by atoms with Gasteiger partial charge < -0.3 is 19.4 Å². The average molecular weight is 966 g/mol. The first kappa shape index (κ1) is 39.6. The number of benzene rings is 7. The van der Waals surface area contributed by atoms with Crippen LogP contribution < -0.4 is 4.90 Å². The molecule has 0 saturated heterocycles. The number of hydrogen-bond donors (Lipinski definition) is 0. The SMILES string of the molecule is Cc1cnc(-c2[c-]c(N(c3[c-]c(-c4cc(-c5ccccc5)c(C)cn4)ccc3)c3c(C)cc(-n4c5ccccc5c5ccccc54)cc3C)ccc2)cc1-c1ccccc1.[Pt+2]. The Labute approximate surface area is 372 Å². The smallest absolute Gasteiger partial charge is 0.346 e. The van der Waals surface area contributed by atoms with Crippen LogP contribution >= 0.6 is 0 Å². The van der Waals surface area contributed by atoms with Gasteiger partial charge in [-0.3, -0.25) is 0 Å². The van der Waals surface area contributed by atoms with Gasteiger partial charge in [-0.05, 0) is 119 Å². The first-order valence-electron chi connectivity index (χ1n) is 20.4. The quantitative estimate of drug-likeness (QED) is 0.142. The van der Waals surface area contributed by atoms with Crippen LogP contribution in [0.15, 0.2) is 182 Å².